The Balaban J connectivity index is 1.34. The van der Waals surface area contributed by atoms with Crippen LogP contribution in [-0.2, 0) is 13.1 Å². The van der Waals surface area contributed by atoms with Crippen LogP contribution in [0.1, 0.15) is 36.1 Å². The van der Waals surface area contributed by atoms with Crippen LogP contribution < -0.4 is 5.56 Å². The molecule has 4 nitrogen and oxygen atoms in total. The quantitative estimate of drug-likeness (QED) is 0.667. The molecule has 1 aliphatic rings. The lowest BCUT2D eigenvalue weighted by Gasteiger charge is -2.32. The number of aromatic nitrogens is 2. The van der Waals surface area contributed by atoms with Gasteiger partial charge < -0.3 is 0 Å². The van der Waals surface area contributed by atoms with E-state index in [2.05, 4.69) is 41.2 Å². The molecule has 1 aliphatic heterocycles. The minimum atomic E-state index is 0.0164. The molecule has 0 N–H and O–H groups in total. The number of hydrogen-bond donors (Lipinski definition) is 0. The largest absolute Gasteiger partial charge is 0.284 e. The Labute approximate surface area is 166 Å². The van der Waals surface area contributed by atoms with E-state index in [0.717, 1.165) is 41.9 Å². The third kappa shape index (κ3) is 4.17. The summed E-state index contributed by atoms with van der Waals surface area (Å²) in [6, 6.07) is 16.7. The Hall–Kier alpha value is -2.46. The molecule has 0 spiro atoms. The topological polar surface area (TPSA) is 38.1 Å². The molecular weight excluding hydrogens is 346 g/mol. The third-order valence-corrected chi connectivity index (χ3v) is 6.06. The molecule has 1 saturated heterocycles. The van der Waals surface area contributed by atoms with Gasteiger partial charge in [-0.3, -0.25) is 9.69 Å². The van der Waals surface area contributed by atoms with Crippen LogP contribution in [0.25, 0.3) is 10.8 Å². The number of piperidine rings is 1. The Morgan fingerprint density at radius 2 is 1.64 bits per heavy atom. The molecule has 0 unspecified atom stereocenters. The number of benzene rings is 2. The van der Waals surface area contributed by atoms with Gasteiger partial charge in [-0.05, 0) is 57.1 Å². The normalized spacial score (nSPS) is 15.9. The van der Waals surface area contributed by atoms with E-state index in [9.17, 15) is 4.79 Å². The fourth-order valence-corrected chi connectivity index (χ4v) is 4.23. The maximum Gasteiger partial charge on any atom is 0.275 e. The summed E-state index contributed by atoms with van der Waals surface area (Å²) in [4.78, 5) is 15.1. The van der Waals surface area contributed by atoms with Gasteiger partial charge in [-0.2, -0.15) is 5.10 Å². The average molecular weight is 376 g/mol. The molecule has 0 bridgehead atoms. The predicted octanol–water partition coefficient (Wildman–Crippen LogP) is 4.32. The lowest BCUT2D eigenvalue weighted by molar-refractivity contribution is 0.135. The lowest BCUT2D eigenvalue weighted by Crippen LogP contribution is -2.39. The van der Waals surface area contributed by atoms with Crippen LogP contribution in [0.4, 0.5) is 0 Å². The zero-order valence-electron chi connectivity index (χ0n) is 16.9. The number of nitrogens with zero attached hydrogens (tertiary/aromatic N) is 3. The van der Waals surface area contributed by atoms with Crippen molar-refractivity contribution in [2.45, 2.75) is 46.2 Å². The second-order valence-electron chi connectivity index (χ2n) is 8.16. The van der Waals surface area contributed by atoms with Crippen LogP contribution >= 0.6 is 0 Å². The highest BCUT2D eigenvalue weighted by Gasteiger charge is 2.20. The van der Waals surface area contributed by atoms with Crippen molar-refractivity contribution in [2.75, 3.05) is 13.1 Å². The van der Waals surface area contributed by atoms with Crippen molar-refractivity contribution < 1.29 is 0 Å². The fourth-order valence-electron chi connectivity index (χ4n) is 4.23. The zero-order valence-corrected chi connectivity index (χ0v) is 16.9. The van der Waals surface area contributed by atoms with Gasteiger partial charge in [0.15, 0.2) is 0 Å². The lowest BCUT2D eigenvalue weighted by atomic mass is 9.90. The first-order valence-corrected chi connectivity index (χ1v) is 10.3. The van der Waals surface area contributed by atoms with Gasteiger partial charge in [-0.1, -0.05) is 48.0 Å². The molecule has 0 aliphatic carbocycles. The predicted molar refractivity (Wildman–Crippen MR) is 115 cm³/mol. The van der Waals surface area contributed by atoms with Gasteiger partial charge in [0.05, 0.1) is 17.7 Å². The number of fused-ring (bicyclic) bond motifs is 1. The molecule has 28 heavy (non-hydrogen) atoms. The molecule has 3 aromatic rings. The van der Waals surface area contributed by atoms with Gasteiger partial charge in [-0.15, -0.1) is 0 Å². The molecule has 1 aromatic heterocycles. The molecule has 4 rings (SSSR count). The average Bonchev–Trinajstić information content (AvgIpc) is 2.72. The highest BCUT2D eigenvalue weighted by atomic mass is 16.1. The van der Waals surface area contributed by atoms with E-state index in [1.54, 1.807) is 4.68 Å². The SMILES string of the molecule is Cc1ccc(CCC2CCN(Cn3nc(C)c4ccccc4c3=O)CC2)cc1. The Morgan fingerprint density at radius 1 is 0.964 bits per heavy atom. The number of aryl methyl sites for hydroxylation is 3. The molecule has 4 heteroatoms. The summed E-state index contributed by atoms with van der Waals surface area (Å²) in [5.41, 5.74) is 3.70. The number of likely N-dealkylation sites (tertiary alicyclic amines) is 1. The first kappa shape index (κ1) is 18.9. The van der Waals surface area contributed by atoms with E-state index < -0.39 is 0 Å². The maximum atomic E-state index is 12.8. The van der Waals surface area contributed by atoms with Gasteiger partial charge in [0, 0.05) is 18.5 Å². The first-order chi connectivity index (χ1) is 13.6. The summed E-state index contributed by atoms with van der Waals surface area (Å²) < 4.78 is 1.64. The van der Waals surface area contributed by atoms with Gasteiger partial charge in [0.2, 0.25) is 0 Å². The zero-order chi connectivity index (χ0) is 19.5. The standard InChI is InChI=1S/C24H29N3O/c1-18-7-9-20(10-8-18)11-12-21-13-15-26(16-14-21)17-27-24(28)23-6-4-3-5-22(23)19(2)25-27/h3-10,21H,11-17H2,1-2H3. The molecule has 2 aromatic carbocycles. The van der Waals surface area contributed by atoms with Crippen molar-refractivity contribution >= 4 is 10.8 Å². The van der Waals surface area contributed by atoms with Crippen molar-refractivity contribution in [1.82, 2.24) is 14.7 Å². The Bertz CT molecular complexity index is 999. The highest BCUT2D eigenvalue weighted by Crippen LogP contribution is 2.23. The Morgan fingerprint density at radius 3 is 2.36 bits per heavy atom. The van der Waals surface area contributed by atoms with Crippen molar-refractivity contribution in [2.24, 2.45) is 5.92 Å². The van der Waals surface area contributed by atoms with Gasteiger partial charge >= 0.3 is 0 Å². The van der Waals surface area contributed by atoms with Gasteiger partial charge in [-0.25, -0.2) is 4.68 Å². The summed E-state index contributed by atoms with van der Waals surface area (Å²) in [5, 5.41) is 6.28. The monoisotopic (exact) mass is 375 g/mol. The summed E-state index contributed by atoms with van der Waals surface area (Å²) in [6.45, 7) is 6.79. The van der Waals surface area contributed by atoms with Crippen LogP contribution in [0, 0.1) is 19.8 Å². The molecular formula is C24H29N3O. The van der Waals surface area contributed by atoms with Crippen LogP contribution in [-0.4, -0.2) is 27.8 Å². The minimum Gasteiger partial charge on any atom is -0.284 e. The number of rotatable bonds is 5. The maximum absolute atomic E-state index is 12.8. The minimum absolute atomic E-state index is 0.0164. The molecule has 1 fully saturated rings. The summed E-state index contributed by atoms with van der Waals surface area (Å²) >= 11 is 0. The van der Waals surface area contributed by atoms with Crippen molar-refractivity contribution in [3.8, 4) is 0 Å². The summed E-state index contributed by atoms with van der Waals surface area (Å²) in [7, 11) is 0. The summed E-state index contributed by atoms with van der Waals surface area (Å²) in [6.07, 6.45) is 4.82. The van der Waals surface area contributed by atoms with Gasteiger partial charge in [0.1, 0.15) is 0 Å². The van der Waals surface area contributed by atoms with Crippen LogP contribution in [0.3, 0.4) is 0 Å². The molecule has 0 atom stereocenters. The first-order valence-electron chi connectivity index (χ1n) is 10.3. The molecule has 0 saturated carbocycles. The van der Waals surface area contributed by atoms with Crippen LogP contribution in [0.2, 0.25) is 0 Å². The van der Waals surface area contributed by atoms with Crippen molar-refractivity contribution in [3.63, 3.8) is 0 Å². The van der Waals surface area contributed by atoms with E-state index in [4.69, 9.17) is 0 Å². The fraction of sp³-hybridized carbons (Fsp3) is 0.417. The second kappa shape index (κ2) is 8.27. The van der Waals surface area contributed by atoms with E-state index in [1.807, 2.05) is 31.2 Å². The van der Waals surface area contributed by atoms with Crippen molar-refractivity contribution in [3.05, 3.63) is 75.7 Å². The number of hydrogen-bond acceptors (Lipinski definition) is 3. The third-order valence-electron chi connectivity index (χ3n) is 6.06. The second-order valence-corrected chi connectivity index (χ2v) is 8.16. The summed E-state index contributed by atoms with van der Waals surface area (Å²) in [5.74, 6) is 0.778. The molecule has 0 radical (unpaired) electrons. The van der Waals surface area contributed by atoms with E-state index in [1.165, 1.54) is 30.4 Å². The van der Waals surface area contributed by atoms with E-state index in [-0.39, 0.29) is 5.56 Å². The van der Waals surface area contributed by atoms with Gasteiger partial charge in [0.25, 0.3) is 5.56 Å². The smallest absolute Gasteiger partial charge is 0.275 e. The van der Waals surface area contributed by atoms with Crippen LogP contribution in [0.15, 0.2) is 53.3 Å². The molecule has 2 heterocycles. The molecule has 146 valence electrons. The molecule has 0 amide bonds. The highest BCUT2D eigenvalue weighted by molar-refractivity contribution is 5.83. The van der Waals surface area contributed by atoms with Crippen LogP contribution in [0.5, 0.6) is 0 Å². The Kier molecular flexibility index (Phi) is 5.58. The van der Waals surface area contributed by atoms with E-state index >= 15 is 0 Å². The van der Waals surface area contributed by atoms with E-state index in [0.29, 0.717) is 6.67 Å². The van der Waals surface area contributed by atoms with Crippen molar-refractivity contribution in [1.29, 1.82) is 0 Å².